The van der Waals surface area contributed by atoms with E-state index in [-0.39, 0.29) is 23.9 Å². The quantitative estimate of drug-likeness (QED) is 0.873. The summed E-state index contributed by atoms with van der Waals surface area (Å²) in [7, 11) is 0. The first-order valence-corrected chi connectivity index (χ1v) is 8.26. The second kappa shape index (κ2) is 5.63. The zero-order chi connectivity index (χ0) is 13.2. The molecule has 0 radical (unpaired) electrons. The molecule has 0 spiro atoms. The molecule has 3 unspecified atom stereocenters. The highest BCUT2D eigenvalue weighted by atomic mass is 32.1. The number of carbonyl (C=O) groups excluding carboxylic acids is 1. The molecular weight excluding hydrogens is 256 g/mol. The molecule has 2 aliphatic rings. The largest absolute Gasteiger partial charge is 0.351 e. The molecule has 3 nitrogen and oxygen atoms in total. The Morgan fingerprint density at radius 3 is 2.95 bits per heavy atom. The van der Waals surface area contributed by atoms with Crippen LogP contribution in [0.4, 0.5) is 0 Å². The van der Waals surface area contributed by atoms with Crippen LogP contribution >= 0.6 is 11.3 Å². The van der Waals surface area contributed by atoms with Crippen LogP contribution in [0.3, 0.4) is 0 Å². The van der Waals surface area contributed by atoms with E-state index < -0.39 is 0 Å². The molecular formula is C15H22N2OS. The lowest BCUT2D eigenvalue weighted by atomic mass is 9.85. The van der Waals surface area contributed by atoms with E-state index in [4.69, 9.17) is 5.73 Å². The number of nitrogens with two attached hydrogens (primary N) is 1. The van der Waals surface area contributed by atoms with Crippen LogP contribution in [0.1, 0.15) is 54.9 Å². The molecule has 0 aromatic carbocycles. The average Bonchev–Trinajstić information content (AvgIpc) is 2.89. The number of hydrogen-bond donors (Lipinski definition) is 2. The van der Waals surface area contributed by atoms with Gasteiger partial charge in [-0.15, -0.1) is 11.3 Å². The Morgan fingerprint density at radius 2 is 2.11 bits per heavy atom. The van der Waals surface area contributed by atoms with Crippen LogP contribution in [0.25, 0.3) is 0 Å². The molecule has 104 valence electrons. The lowest BCUT2D eigenvalue weighted by molar-refractivity contribution is -0.123. The highest BCUT2D eigenvalue weighted by molar-refractivity contribution is 7.10. The number of aryl methyl sites for hydroxylation is 1. The summed E-state index contributed by atoms with van der Waals surface area (Å²) in [6.07, 6.45) is 7.72. The minimum atomic E-state index is 0.0594. The van der Waals surface area contributed by atoms with Gasteiger partial charge in [0.05, 0.1) is 5.92 Å². The van der Waals surface area contributed by atoms with E-state index in [1.54, 1.807) is 11.3 Å². The van der Waals surface area contributed by atoms with E-state index in [0.29, 0.717) is 0 Å². The van der Waals surface area contributed by atoms with Gasteiger partial charge in [0.2, 0.25) is 5.91 Å². The minimum Gasteiger partial charge on any atom is -0.351 e. The zero-order valence-electron chi connectivity index (χ0n) is 11.2. The van der Waals surface area contributed by atoms with Crippen molar-refractivity contribution in [2.75, 3.05) is 0 Å². The fraction of sp³-hybridized carbons (Fsp3) is 0.667. The monoisotopic (exact) mass is 278 g/mol. The van der Waals surface area contributed by atoms with Crippen LogP contribution in [-0.2, 0) is 11.2 Å². The van der Waals surface area contributed by atoms with Gasteiger partial charge in [-0.05, 0) is 49.1 Å². The standard InChI is InChI=1S/C15H22N2OS/c16-12-5-1-2-6-13(12)17-15(18)11-4-3-7-14-10(11)8-9-19-14/h8-9,11-13H,1-7,16H2,(H,17,18). The summed E-state index contributed by atoms with van der Waals surface area (Å²) in [6, 6.07) is 2.46. The van der Waals surface area contributed by atoms with Gasteiger partial charge in [0, 0.05) is 17.0 Å². The van der Waals surface area contributed by atoms with Crippen molar-refractivity contribution in [3.63, 3.8) is 0 Å². The van der Waals surface area contributed by atoms with Gasteiger partial charge in [-0.25, -0.2) is 0 Å². The Morgan fingerprint density at radius 1 is 1.26 bits per heavy atom. The van der Waals surface area contributed by atoms with E-state index in [1.165, 1.54) is 23.3 Å². The van der Waals surface area contributed by atoms with E-state index >= 15 is 0 Å². The van der Waals surface area contributed by atoms with Gasteiger partial charge in [-0.3, -0.25) is 4.79 Å². The Labute approximate surface area is 118 Å². The van der Waals surface area contributed by atoms with Crippen molar-refractivity contribution >= 4 is 17.2 Å². The molecule has 19 heavy (non-hydrogen) atoms. The molecule has 1 saturated carbocycles. The number of hydrogen-bond acceptors (Lipinski definition) is 3. The zero-order valence-corrected chi connectivity index (χ0v) is 12.0. The lowest BCUT2D eigenvalue weighted by Gasteiger charge is -2.31. The molecule has 1 amide bonds. The minimum absolute atomic E-state index is 0.0594. The molecule has 3 rings (SSSR count). The van der Waals surface area contributed by atoms with Crippen molar-refractivity contribution in [3.05, 3.63) is 21.9 Å². The molecule has 1 aromatic rings. The maximum Gasteiger partial charge on any atom is 0.227 e. The van der Waals surface area contributed by atoms with Crippen LogP contribution in [0.5, 0.6) is 0 Å². The van der Waals surface area contributed by atoms with Crippen molar-refractivity contribution in [3.8, 4) is 0 Å². The number of rotatable bonds is 2. The smallest absolute Gasteiger partial charge is 0.227 e. The van der Waals surface area contributed by atoms with Crippen LogP contribution < -0.4 is 11.1 Å². The molecule has 3 atom stereocenters. The van der Waals surface area contributed by atoms with Crippen molar-refractivity contribution in [2.24, 2.45) is 5.73 Å². The average molecular weight is 278 g/mol. The summed E-state index contributed by atoms with van der Waals surface area (Å²) in [5, 5.41) is 5.32. The first-order valence-electron chi connectivity index (χ1n) is 7.38. The molecule has 0 bridgehead atoms. The molecule has 4 heteroatoms. The third-order valence-electron chi connectivity index (χ3n) is 4.52. The second-order valence-electron chi connectivity index (χ2n) is 5.81. The second-order valence-corrected chi connectivity index (χ2v) is 6.81. The number of fused-ring (bicyclic) bond motifs is 1. The van der Waals surface area contributed by atoms with Gasteiger partial charge in [-0.2, -0.15) is 0 Å². The molecule has 1 fully saturated rings. The maximum atomic E-state index is 12.5. The fourth-order valence-electron chi connectivity index (χ4n) is 3.38. The van der Waals surface area contributed by atoms with Gasteiger partial charge in [0.1, 0.15) is 0 Å². The first-order chi connectivity index (χ1) is 9.25. The summed E-state index contributed by atoms with van der Waals surface area (Å²) < 4.78 is 0. The van der Waals surface area contributed by atoms with Crippen LogP contribution in [-0.4, -0.2) is 18.0 Å². The van der Waals surface area contributed by atoms with E-state index in [9.17, 15) is 4.79 Å². The van der Waals surface area contributed by atoms with Crippen molar-refractivity contribution in [2.45, 2.75) is 62.9 Å². The van der Waals surface area contributed by atoms with Crippen LogP contribution in [0.15, 0.2) is 11.4 Å². The first kappa shape index (κ1) is 13.1. The Bertz CT molecular complexity index is 457. The molecule has 2 aliphatic carbocycles. The molecule has 0 aliphatic heterocycles. The van der Waals surface area contributed by atoms with Crippen molar-refractivity contribution in [1.82, 2.24) is 5.32 Å². The summed E-state index contributed by atoms with van der Waals surface area (Å²) in [4.78, 5) is 13.9. The third-order valence-corrected chi connectivity index (χ3v) is 5.51. The predicted octanol–water partition coefficient (Wildman–Crippen LogP) is 2.55. The van der Waals surface area contributed by atoms with Gasteiger partial charge < -0.3 is 11.1 Å². The molecule has 0 saturated heterocycles. The van der Waals surface area contributed by atoms with Gasteiger partial charge in [0.25, 0.3) is 0 Å². The summed E-state index contributed by atoms with van der Waals surface area (Å²) in [5.41, 5.74) is 7.38. The van der Waals surface area contributed by atoms with Crippen LogP contribution in [0, 0.1) is 0 Å². The highest BCUT2D eigenvalue weighted by Crippen LogP contribution is 2.35. The molecule has 1 aromatic heterocycles. The number of thiophene rings is 1. The number of amides is 1. The predicted molar refractivity (Wildman–Crippen MR) is 78.4 cm³/mol. The van der Waals surface area contributed by atoms with Crippen LogP contribution in [0.2, 0.25) is 0 Å². The highest BCUT2D eigenvalue weighted by Gasteiger charge is 2.30. The number of carbonyl (C=O) groups is 1. The van der Waals surface area contributed by atoms with E-state index in [1.807, 2.05) is 0 Å². The summed E-state index contributed by atoms with van der Waals surface area (Å²) in [6.45, 7) is 0. The van der Waals surface area contributed by atoms with Crippen molar-refractivity contribution in [1.29, 1.82) is 0 Å². The van der Waals surface area contributed by atoms with Gasteiger partial charge in [0.15, 0.2) is 0 Å². The van der Waals surface area contributed by atoms with Gasteiger partial charge >= 0.3 is 0 Å². The lowest BCUT2D eigenvalue weighted by Crippen LogP contribution is -2.50. The number of nitrogens with one attached hydrogen (secondary N) is 1. The topological polar surface area (TPSA) is 55.1 Å². The Balaban J connectivity index is 1.68. The fourth-order valence-corrected chi connectivity index (χ4v) is 4.37. The SMILES string of the molecule is NC1CCCCC1NC(=O)C1CCCc2sccc21. The van der Waals surface area contributed by atoms with Crippen molar-refractivity contribution < 1.29 is 4.79 Å². The molecule has 3 N–H and O–H groups in total. The third kappa shape index (κ3) is 2.70. The Hall–Kier alpha value is -0.870. The maximum absolute atomic E-state index is 12.5. The van der Waals surface area contributed by atoms with E-state index in [2.05, 4.69) is 16.8 Å². The summed E-state index contributed by atoms with van der Waals surface area (Å²) in [5.74, 6) is 0.255. The summed E-state index contributed by atoms with van der Waals surface area (Å²) >= 11 is 1.79. The van der Waals surface area contributed by atoms with Gasteiger partial charge in [-0.1, -0.05) is 12.8 Å². The molecule has 1 heterocycles. The Kier molecular flexibility index (Phi) is 3.89. The van der Waals surface area contributed by atoms with E-state index in [0.717, 1.165) is 32.1 Å². The normalized spacial score (nSPS) is 30.7.